The van der Waals surface area contributed by atoms with Crippen molar-refractivity contribution in [2.24, 2.45) is 0 Å². The van der Waals surface area contributed by atoms with Gasteiger partial charge < -0.3 is 15.7 Å². The molecule has 0 spiro atoms. The quantitative estimate of drug-likeness (QED) is 0.691. The number of amides is 1. The van der Waals surface area contributed by atoms with Gasteiger partial charge in [0.05, 0.1) is 19.1 Å². The lowest BCUT2D eigenvalue weighted by molar-refractivity contribution is -0.121. The van der Waals surface area contributed by atoms with Gasteiger partial charge in [-0.15, -0.1) is 0 Å². The fourth-order valence-corrected chi connectivity index (χ4v) is 2.68. The van der Waals surface area contributed by atoms with Crippen LogP contribution < -0.4 is 10.6 Å². The number of aliphatic hydroxyl groups is 1. The van der Waals surface area contributed by atoms with Gasteiger partial charge in [-0.05, 0) is 54.7 Å². The fraction of sp³-hybridized carbons (Fsp3) is 0.381. The summed E-state index contributed by atoms with van der Waals surface area (Å²) >= 11 is 0. The zero-order valence-electron chi connectivity index (χ0n) is 15.3. The monoisotopic (exact) mass is 340 g/mol. The lowest BCUT2D eigenvalue weighted by Crippen LogP contribution is -2.37. The Labute approximate surface area is 150 Å². The molecule has 1 amide bonds. The van der Waals surface area contributed by atoms with E-state index in [1.54, 1.807) is 0 Å². The molecular formula is C21H28N2O2. The highest BCUT2D eigenvalue weighted by molar-refractivity contribution is 5.79. The summed E-state index contributed by atoms with van der Waals surface area (Å²) in [6.45, 7) is 6.96. The normalized spacial score (nSPS) is 11.8. The molecule has 4 nitrogen and oxygen atoms in total. The number of aryl methyl sites for hydroxylation is 1. The minimum Gasteiger partial charge on any atom is -0.394 e. The molecule has 0 heterocycles. The van der Waals surface area contributed by atoms with Crippen LogP contribution in [0.15, 0.2) is 42.5 Å². The van der Waals surface area contributed by atoms with Gasteiger partial charge >= 0.3 is 0 Å². The van der Waals surface area contributed by atoms with Gasteiger partial charge in [0.1, 0.15) is 0 Å². The molecule has 0 aliphatic carbocycles. The first kappa shape index (κ1) is 19.0. The summed E-state index contributed by atoms with van der Waals surface area (Å²) in [5, 5.41) is 15.4. The number of hydrogen-bond donors (Lipinski definition) is 3. The molecule has 0 unspecified atom stereocenters. The Morgan fingerprint density at radius 3 is 2.48 bits per heavy atom. The molecule has 1 atom stereocenters. The molecule has 2 aromatic carbocycles. The number of carbonyl (C=O) groups is 1. The molecule has 134 valence electrons. The van der Waals surface area contributed by atoms with Gasteiger partial charge in [0, 0.05) is 12.2 Å². The van der Waals surface area contributed by atoms with E-state index in [9.17, 15) is 4.79 Å². The third kappa shape index (κ3) is 5.61. The number of nitrogens with one attached hydrogen (secondary N) is 2. The minimum atomic E-state index is -0.161. The molecule has 0 bridgehead atoms. The number of benzene rings is 2. The van der Waals surface area contributed by atoms with Crippen molar-refractivity contribution in [1.29, 1.82) is 0 Å². The molecular weight excluding hydrogens is 312 g/mol. The second-order valence-corrected chi connectivity index (χ2v) is 6.44. The van der Waals surface area contributed by atoms with E-state index in [4.69, 9.17) is 5.11 Å². The summed E-state index contributed by atoms with van der Waals surface area (Å²) in [7, 11) is 0. The molecule has 3 N–H and O–H groups in total. The summed E-state index contributed by atoms with van der Waals surface area (Å²) in [5.74, 6) is -0.0583. The molecule has 0 fully saturated rings. The topological polar surface area (TPSA) is 61.4 Å². The largest absolute Gasteiger partial charge is 0.394 e. The van der Waals surface area contributed by atoms with E-state index < -0.39 is 0 Å². The second-order valence-electron chi connectivity index (χ2n) is 6.44. The summed E-state index contributed by atoms with van der Waals surface area (Å²) in [5.41, 5.74) is 5.90. The second kappa shape index (κ2) is 9.23. The number of hydrogen-bond acceptors (Lipinski definition) is 3. The van der Waals surface area contributed by atoms with Crippen LogP contribution >= 0.6 is 0 Å². The fourth-order valence-electron chi connectivity index (χ4n) is 2.68. The first-order valence-electron chi connectivity index (χ1n) is 8.81. The zero-order chi connectivity index (χ0) is 18.2. The van der Waals surface area contributed by atoms with E-state index in [-0.39, 0.29) is 18.6 Å². The molecule has 0 aliphatic heterocycles. The third-order valence-electron chi connectivity index (χ3n) is 4.60. The van der Waals surface area contributed by atoms with Crippen LogP contribution in [0.1, 0.15) is 35.6 Å². The summed E-state index contributed by atoms with van der Waals surface area (Å²) < 4.78 is 0. The molecule has 0 aromatic heterocycles. The number of carbonyl (C=O) groups excluding carboxylic acids is 1. The molecule has 0 radical (unpaired) electrons. The van der Waals surface area contributed by atoms with Crippen molar-refractivity contribution in [3.05, 3.63) is 64.7 Å². The van der Waals surface area contributed by atoms with Crippen LogP contribution in [0.2, 0.25) is 0 Å². The van der Waals surface area contributed by atoms with Gasteiger partial charge in [-0.2, -0.15) is 0 Å². The lowest BCUT2D eigenvalue weighted by atomic mass is 10.0. The van der Waals surface area contributed by atoms with Crippen molar-refractivity contribution in [2.75, 3.05) is 11.9 Å². The highest BCUT2D eigenvalue weighted by Gasteiger charge is 2.09. The van der Waals surface area contributed by atoms with Crippen LogP contribution in [0, 0.1) is 13.8 Å². The van der Waals surface area contributed by atoms with Crippen LogP contribution in [-0.4, -0.2) is 23.7 Å². The Bertz CT molecular complexity index is 692. The van der Waals surface area contributed by atoms with Gasteiger partial charge in [-0.3, -0.25) is 4.79 Å². The summed E-state index contributed by atoms with van der Waals surface area (Å²) in [4.78, 5) is 12.0. The van der Waals surface area contributed by atoms with Gasteiger partial charge in [0.25, 0.3) is 0 Å². The first-order chi connectivity index (χ1) is 12.0. The average molecular weight is 340 g/mol. The Hall–Kier alpha value is -2.33. The van der Waals surface area contributed by atoms with Crippen molar-refractivity contribution < 1.29 is 9.90 Å². The van der Waals surface area contributed by atoms with Gasteiger partial charge in [-0.25, -0.2) is 0 Å². The van der Waals surface area contributed by atoms with Crippen molar-refractivity contribution >= 4 is 11.6 Å². The smallest absolute Gasteiger partial charge is 0.224 e. The van der Waals surface area contributed by atoms with E-state index in [1.165, 1.54) is 16.7 Å². The standard InChI is InChI=1S/C21H28N2O2/c1-4-19(14-24)23-21(25)12-17-8-10-20(11-9-17)22-13-18-7-5-6-15(2)16(18)3/h5-11,19,22,24H,4,12-14H2,1-3H3,(H,23,25)/t19-/m0/s1. The van der Waals surface area contributed by atoms with Crippen LogP contribution in [0.5, 0.6) is 0 Å². The van der Waals surface area contributed by atoms with Gasteiger partial charge in [0.15, 0.2) is 0 Å². The zero-order valence-corrected chi connectivity index (χ0v) is 15.3. The van der Waals surface area contributed by atoms with Crippen molar-refractivity contribution in [3.8, 4) is 0 Å². The SMILES string of the molecule is CC[C@@H](CO)NC(=O)Cc1ccc(NCc2cccc(C)c2C)cc1. The molecule has 2 aromatic rings. The Morgan fingerprint density at radius 2 is 1.84 bits per heavy atom. The number of rotatable bonds is 8. The molecule has 0 saturated carbocycles. The van der Waals surface area contributed by atoms with Crippen LogP contribution in [0.25, 0.3) is 0 Å². The Kier molecular flexibility index (Phi) is 7.02. The van der Waals surface area contributed by atoms with Crippen molar-refractivity contribution in [1.82, 2.24) is 5.32 Å². The first-order valence-corrected chi connectivity index (χ1v) is 8.81. The Balaban J connectivity index is 1.89. The maximum absolute atomic E-state index is 12.0. The maximum Gasteiger partial charge on any atom is 0.224 e. The third-order valence-corrected chi connectivity index (χ3v) is 4.60. The van der Waals surface area contributed by atoms with E-state index >= 15 is 0 Å². The van der Waals surface area contributed by atoms with E-state index in [2.05, 4.69) is 42.7 Å². The number of anilines is 1. The maximum atomic E-state index is 12.0. The van der Waals surface area contributed by atoms with Crippen LogP contribution in [0.3, 0.4) is 0 Å². The summed E-state index contributed by atoms with van der Waals surface area (Å²) in [6.07, 6.45) is 1.05. The highest BCUT2D eigenvalue weighted by atomic mass is 16.3. The Morgan fingerprint density at radius 1 is 1.12 bits per heavy atom. The van der Waals surface area contributed by atoms with Crippen molar-refractivity contribution in [3.63, 3.8) is 0 Å². The van der Waals surface area contributed by atoms with Gasteiger partial charge in [0.2, 0.25) is 5.91 Å². The van der Waals surface area contributed by atoms with Crippen molar-refractivity contribution in [2.45, 2.75) is 46.2 Å². The molecule has 2 rings (SSSR count). The summed E-state index contributed by atoms with van der Waals surface area (Å²) in [6, 6.07) is 14.1. The minimum absolute atomic E-state index is 0.0243. The predicted octanol–water partition coefficient (Wildman–Crippen LogP) is 3.35. The van der Waals surface area contributed by atoms with Crippen LogP contribution in [0.4, 0.5) is 5.69 Å². The number of aliphatic hydroxyl groups excluding tert-OH is 1. The molecule has 0 aliphatic rings. The molecule has 4 heteroatoms. The lowest BCUT2D eigenvalue weighted by Gasteiger charge is -2.14. The van der Waals surface area contributed by atoms with E-state index in [0.29, 0.717) is 6.42 Å². The predicted molar refractivity (Wildman–Crippen MR) is 103 cm³/mol. The highest BCUT2D eigenvalue weighted by Crippen LogP contribution is 2.16. The molecule has 25 heavy (non-hydrogen) atoms. The average Bonchev–Trinajstić information content (AvgIpc) is 2.62. The van der Waals surface area contributed by atoms with E-state index in [0.717, 1.165) is 24.2 Å². The van der Waals surface area contributed by atoms with Crippen LogP contribution in [-0.2, 0) is 17.8 Å². The van der Waals surface area contributed by atoms with E-state index in [1.807, 2.05) is 31.2 Å². The van der Waals surface area contributed by atoms with Gasteiger partial charge in [-0.1, -0.05) is 37.3 Å². The molecule has 0 saturated heterocycles.